The number of aromatic hydroxyl groups is 2. The Morgan fingerprint density at radius 1 is 1.19 bits per heavy atom. The van der Waals surface area contributed by atoms with Crippen molar-refractivity contribution in [2.24, 2.45) is 10.2 Å². The molecule has 0 saturated heterocycles. The second-order valence-corrected chi connectivity index (χ2v) is 5.21. The molecule has 0 unspecified atom stereocenters. The number of benzene rings is 1. The molecule has 1 heterocycles. The summed E-state index contributed by atoms with van der Waals surface area (Å²) < 4.78 is 0.870. The number of rotatable bonds is 2. The fraction of sp³-hybridized carbons (Fsp3) is 0. The average Bonchev–Trinajstić information content (AvgIpc) is 2.66. The summed E-state index contributed by atoms with van der Waals surface area (Å²) in [4.78, 5) is 3.97. The van der Waals surface area contributed by atoms with Crippen molar-refractivity contribution in [2.75, 3.05) is 0 Å². The highest BCUT2D eigenvalue weighted by Gasteiger charge is 2.00. The molecule has 7 heteroatoms. The summed E-state index contributed by atoms with van der Waals surface area (Å²) in [6.45, 7) is 0. The molecule has 1 aromatic heterocycles. The number of aromatic nitrogens is 1. The average molecular weight is 300 g/mol. The standard InChI is InChI=1S/C9H6BrN3O2S/c10-8-4-11-9(16-8)13-12-5-1-2-6(14)7(15)3-5/h1-4,14-15H. The molecular weight excluding hydrogens is 294 g/mol. The molecule has 82 valence electrons. The third-order valence-corrected chi connectivity index (χ3v) is 3.04. The molecular formula is C9H6BrN3O2S. The van der Waals surface area contributed by atoms with E-state index < -0.39 is 0 Å². The fourth-order valence-corrected chi connectivity index (χ4v) is 1.97. The number of thiazole rings is 1. The predicted molar refractivity (Wildman–Crippen MR) is 63.8 cm³/mol. The van der Waals surface area contributed by atoms with Crippen molar-refractivity contribution in [1.29, 1.82) is 0 Å². The molecule has 16 heavy (non-hydrogen) atoms. The highest BCUT2D eigenvalue weighted by atomic mass is 79.9. The van der Waals surface area contributed by atoms with Crippen molar-refractivity contribution in [2.45, 2.75) is 0 Å². The van der Waals surface area contributed by atoms with Gasteiger partial charge in [0.05, 0.1) is 15.7 Å². The minimum atomic E-state index is -0.225. The fourth-order valence-electron chi connectivity index (χ4n) is 0.967. The zero-order valence-electron chi connectivity index (χ0n) is 7.83. The lowest BCUT2D eigenvalue weighted by Crippen LogP contribution is -1.67. The normalized spacial score (nSPS) is 11.1. The van der Waals surface area contributed by atoms with Gasteiger partial charge in [-0.3, -0.25) is 0 Å². The number of azo groups is 1. The van der Waals surface area contributed by atoms with Crippen LogP contribution in [0.5, 0.6) is 11.5 Å². The largest absolute Gasteiger partial charge is 0.504 e. The molecule has 1 aromatic carbocycles. The molecule has 0 aliphatic carbocycles. The Balaban J connectivity index is 2.20. The van der Waals surface area contributed by atoms with E-state index in [1.807, 2.05) is 0 Å². The minimum absolute atomic E-state index is 0.184. The van der Waals surface area contributed by atoms with Crippen LogP contribution in [0.4, 0.5) is 10.8 Å². The summed E-state index contributed by atoms with van der Waals surface area (Å²) in [6.07, 6.45) is 1.63. The van der Waals surface area contributed by atoms with Crippen LogP contribution in [0, 0.1) is 0 Å². The Hall–Kier alpha value is -1.47. The molecule has 0 atom stereocenters. The number of phenols is 2. The van der Waals surface area contributed by atoms with Crippen LogP contribution in [0.2, 0.25) is 0 Å². The molecule has 0 aliphatic heterocycles. The topological polar surface area (TPSA) is 78.1 Å². The van der Waals surface area contributed by atoms with E-state index in [9.17, 15) is 5.11 Å². The van der Waals surface area contributed by atoms with Gasteiger partial charge in [-0.25, -0.2) is 4.98 Å². The van der Waals surface area contributed by atoms with Crippen LogP contribution < -0.4 is 0 Å². The predicted octanol–water partition coefficient (Wildman–Crippen LogP) is 3.73. The second kappa shape index (κ2) is 4.58. The van der Waals surface area contributed by atoms with Crippen molar-refractivity contribution in [3.05, 3.63) is 28.2 Å². The van der Waals surface area contributed by atoms with Gasteiger partial charge in [0.2, 0.25) is 5.13 Å². The zero-order chi connectivity index (χ0) is 11.5. The number of phenolic OH excluding ortho intramolecular Hbond substituents is 2. The third kappa shape index (κ3) is 2.56. The lowest BCUT2D eigenvalue weighted by atomic mass is 10.3. The van der Waals surface area contributed by atoms with E-state index in [-0.39, 0.29) is 11.5 Å². The Bertz CT molecular complexity index is 541. The number of nitrogens with zero attached hydrogens (tertiary/aromatic N) is 3. The van der Waals surface area contributed by atoms with Crippen molar-refractivity contribution in [3.8, 4) is 11.5 Å². The van der Waals surface area contributed by atoms with Gasteiger partial charge in [-0.05, 0) is 28.1 Å². The number of hydrogen-bond acceptors (Lipinski definition) is 6. The van der Waals surface area contributed by atoms with E-state index in [1.165, 1.54) is 23.5 Å². The van der Waals surface area contributed by atoms with Gasteiger partial charge in [-0.15, -0.1) is 10.2 Å². The van der Waals surface area contributed by atoms with Crippen LogP contribution in [-0.4, -0.2) is 15.2 Å². The van der Waals surface area contributed by atoms with Crippen LogP contribution in [-0.2, 0) is 0 Å². The summed E-state index contributed by atoms with van der Waals surface area (Å²) in [5, 5.41) is 26.6. The van der Waals surface area contributed by atoms with Crippen molar-refractivity contribution >= 4 is 38.1 Å². The van der Waals surface area contributed by atoms with Crippen LogP contribution in [0.3, 0.4) is 0 Å². The lowest BCUT2D eigenvalue weighted by molar-refractivity contribution is 0.404. The van der Waals surface area contributed by atoms with E-state index >= 15 is 0 Å². The van der Waals surface area contributed by atoms with Crippen molar-refractivity contribution < 1.29 is 10.2 Å². The first-order valence-electron chi connectivity index (χ1n) is 4.20. The first-order valence-corrected chi connectivity index (χ1v) is 5.81. The Labute approximate surface area is 103 Å². The maximum absolute atomic E-state index is 9.23. The molecule has 0 fully saturated rings. The van der Waals surface area contributed by atoms with Crippen LogP contribution in [0.25, 0.3) is 0 Å². The quantitative estimate of drug-likeness (QED) is 0.655. The zero-order valence-corrected chi connectivity index (χ0v) is 10.2. The summed E-state index contributed by atoms with van der Waals surface area (Å²) >= 11 is 4.61. The van der Waals surface area contributed by atoms with Gasteiger partial charge in [-0.1, -0.05) is 11.3 Å². The van der Waals surface area contributed by atoms with Gasteiger partial charge in [0.1, 0.15) is 0 Å². The van der Waals surface area contributed by atoms with Crippen molar-refractivity contribution in [3.63, 3.8) is 0 Å². The Morgan fingerprint density at radius 3 is 2.62 bits per heavy atom. The van der Waals surface area contributed by atoms with E-state index in [2.05, 4.69) is 31.1 Å². The SMILES string of the molecule is Oc1ccc(N=Nc2ncc(Br)s2)cc1O. The molecule has 0 saturated carbocycles. The Kier molecular flexibility index (Phi) is 3.16. The molecule has 0 amide bonds. The highest BCUT2D eigenvalue weighted by Crippen LogP contribution is 2.31. The number of hydrogen-bond donors (Lipinski definition) is 2. The first kappa shape index (κ1) is 11.0. The lowest BCUT2D eigenvalue weighted by Gasteiger charge is -1.96. The summed E-state index contributed by atoms with van der Waals surface area (Å²) in [5.74, 6) is -0.410. The number of halogens is 1. The van der Waals surface area contributed by atoms with Gasteiger partial charge in [0.25, 0.3) is 0 Å². The van der Waals surface area contributed by atoms with E-state index in [0.717, 1.165) is 3.79 Å². The monoisotopic (exact) mass is 299 g/mol. The van der Waals surface area contributed by atoms with E-state index in [4.69, 9.17) is 5.11 Å². The molecule has 5 nitrogen and oxygen atoms in total. The van der Waals surface area contributed by atoms with E-state index in [1.54, 1.807) is 12.3 Å². The molecule has 2 aromatic rings. The third-order valence-electron chi connectivity index (χ3n) is 1.68. The van der Waals surface area contributed by atoms with Gasteiger partial charge in [0.15, 0.2) is 11.5 Å². The van der Waals surface area contributed by atoms with Crippen molar-refractivity contribution in [1.82, 2.24) is 4.98 Å². The highest BCUT2D eigenvalue weighted by molar-refractivity contribution is 9.11. The maximum Gasteiger partial charge on any atom is 0.230 e. The molecule has 0 bridgehead atoms. The smallest absolute Gasteiger partial charge is 0.230 e. The van der Waals surface area contributed by atoms with Gasteiger partial charge >= 0.3 is 0 Å². The summed E-state index contributed by atoms with van der Waals surface area (Å²) in [6, 6.07) is 4.21. The van der Waals surface area contributed by atoms with Crippen LogP contribution in [0.1, 0.15) is 0 Å². The molecule has 2 rings (SSSR count). The molecule has 0 aliphatic rings. The van der Waals surface area contributed by atoms with Gasteiger partial charge in [-0.2, -0.15) is 0 Å². The van der Waals surface area contributed by atoms with Gasteiger partial charge < -0.3 is 10.2 Å². The summed E-state index contributed by atoms with van der Waals surface area (Å²) in [5.41, 5.74) is 0.446. The molecule has 0 spiro atoms. The van der Waals surface area contributed by atoms with E-state index in [0.29, 0.717) is 10.8 Å². The summed E-state index contributed by atoms with van der Waals surface area (Å²) in [7, 11) is 0. The maximum atomic E-state index is 9.23. The molecule has 0 radical (unpaired) electrons. The minimum Gasteiger partial charge on any atom is -0.504 e. The van der Waals surface area contributed by atoms with Gasteiger partial charge in [0, 0.05) is 6.07 Å². The first-order chi connectivity index (χ1) is 7.65. The Morgan fingerprint density at radius 2 is 2.00 bits per heavy atom. The molecule has 2 N–H and O–H groups in total. The van der Waals surface area contributed by atoms with Crippen LogP contribution >= 0.6 is 27.3 Å². The second-order valence-electron chi connectivity index (χ2n) is 2.82. The van der Waals surface area contributed by atoms with Crippen LogP contribution in [0.15, 0.2) is 38.4 Å².